The molecular weight excluding hydrogens is 228 g/mol. The van der Waals surface area contributed by atoms with Gasteiger partial charge in [0.2, 0.25) is 5.06 Å². The molecule has 14 heavy (non-hydrogen) atoms. The maximum atomic E-state index is 10.8. The summed E-state index contributed by atoms with van der Waals surface area (Å²) >= 11 is -1.48. The number of thiazole rings is 1. The Morgan fingerprint density at radius 3 is 2.71 bits per heavy atom. The number of aryl methyl sites for hydroxylation is 2. The molecule has 0 aromatic carbocycles. The number of carbonyl (C=O) groups excluding carboxylic acids is 1. The van der Waals surface area contributed by atoms with E-state index in [0.29, 0.717) is 10.8 Å². The van der Waals surface area contributed by atoms with Crippen molar-refractivity contribution in [1.82, 2.24) is 9.71 Å². The highest BCUT2D eigenvalue weighted by molar-refractivity contribution is 7.77. The second-order valence-corrected chi connectivity index (χ2v) is 4.17. The summed E-state index contributed by atoms with van der Waals surface area (Å²) < 4.78 is 26.4. The van der Waals surface area contributed by atoms with E-state index >= 15 is 0 Å². The highest BCUT2D eigenvalue weighted by atomic mass is 32.2. The van der Waals surface area contributed by atoms with Crippen LogP contribution < -0.4 is 9.46 Å². The molecule has 0 radical (unpaired) electrons. The molecule has 0 saturated heterocycles. The maximum absolute atomic E-state index is 10.8. The Morgan fingerprint density at radius 2 is 2.29 bits per heavy atom. The van der Waals surface area contributed by atoms with Crippen LogP contribution >= 0.6 is 11.3 Å². The summed E-state index contributed by atoms with van der Waals surface area (Å²) in [6, 6.07) is 0. The average Bonchev–Trinajstić information content (AvgIpc) is 2.28. The van der Waals surface area contributed by atoms with Crippen molar-refractivity contribution in [3.63, 3.8) is 0 Å². The van der Waals surface area contributed by atoms with E-state index in [2.05, 4.69) is 9.72 Å². The van der Waals surface area contributed by atoms with E-state index < -0.39 is 17.4 Å². The van der Waals surface area contributed by atoms with Gasteiger partial charge in [0.05, 0.1) is 10.7 Å². The van der Waals surface area contributed by atoms with Gasteiger partial charge >= 0.3 is 6.09 Å². The van der Waals surface area contributed by atoms with Crippen molar-refractivity contribution in [3.8, 4) is 5.06 Å². The van der Waals surface area contributed by atoms with E-state index in [9.17, 15) is 13.6 Å². The Morgan fingerprint density at radius 1 is 1.64 bits per heavy atom. The number of amides is 1. The molecule has 8 heteroatoms. The lowest BCUT2D eigenvalue weighted by atomic mass is 10.5. The molecule has 0 spiro atoms. The summed E-state index contributed by atoms with van der Waals surface area (Å²) in [5, 5.41) is 1.04. The van der Waals surface area contributed by atoms with E-state index in [1.165, 1.54) is 11.3 Å². The van der Waals surface area contributed by atoms with Crippen LogP contribution in [0.2, 0.25) is 0 Å². The van der Waals surface area contributed by atoms with Crippen LogP contribution in [0.4, 0.5) is 4.79 Å². The van der Waals surface area contributed by atoms with Crippen molar-refractivity contribution in [2.24, 2.45) is 0 Å². The number of nitrogens with zero attached hydrogens (tertiary/aromatic N) is 1. The molecule has 1 unspecified atom stereocenters. The third-order valence-corrected chi connectivity index (χ3v) is 2.50. The van der Waals surface area contributed by atoms with Crippen molar-refractivity contribution in [1.29, 1.82) is 0 Å². The Hall–Kier alpha value is -0.990. The average molecular weight is 235 g/mol. The third kappa shape index (κ3) is 3.05. The van der Waals surface area contributed by atoms with Crippen molar-refractivity contribution in [2.45, 2.75) is 13.8 Å². The van der Waals surface area contributed by atoms with Gasteiger partial charge in [-0.15, -0.1) is 0 Å². The smallest absolute Gasteiger partial charge is 0.424 e. The van der Waals surface area contributed by atoms with Gasteiger partial charge in [-0.2, -0.15) is 0 Å². The van der Waals surface area contributed by atoms with Crippen LogP contribution in [0.5, 0.6) is 5.06 Å². The van der Waals surface area contributed by atoms with Crippen LogP contribution in [0.1, 0.15) is 10.7 Å². The first kappa shape index (κ1) is 11.1. The fraction of sp³-hybridized carbons (Fsp3) is 0.333. The number of rotatable bonds is 2. The van der Waals surface area contributed by atoms with Crippen molar-refractivity contribution >= 4 is 28.7 Å². The predicted molar refractivity (Wildman–Crippen MR) is 49.7 cm³/mol. The number of hydrogen-bond donors (Lipinski definition) is 1. The summed E-state index contributed by atoms with van der Waals surface area (Å²) in [7, 11) is 0. The Balaban J connectivity index is 2.64. The Kier molecular flexibility index (Phi) is 3.55. The molecular formula is C6H7N2O4S2-. The van der Waals surface area contributed by atoms with Crippen LogP contribution in [0.15, 0.2) is 0 Å². The highest BCUT2D eigenvalue weighted by Gasteiger charge is 2.10. The molecule has 0 bridgehead atoms. The molecule has 1 atom stereocenters. The number of nitrogens with one attached hydrogen (secondary N) is 1. The predicted octanol–water partition coefficient (Wildman–Crippen LogP) is 0.642. The monoisotopic (exact) mass is 235 g/mol. The minimum Gasteiger partial charge on any atom is -0.755 e. The molecule has 0 aliphatic carbocycles. The quantitative estimate of drug-likeness (QED) is 0.759. The Bertz CT molecular complexity index is 376. The summed E-state index contributed by atoms with van der Waals surface area (Å²) in [6.45, 7) is 3.43. The highest BCUT2D eigenvalue weighted by Crippen LogP contribution is 2.25. The molecule has 0 aliphatic rings. The normalized spacial score (nSPS) is 12.2. The zero-order valence-electron chi connectivity index (χ0n) is 7.40. The Labute approximate surface area is 86.7 Å². The first-order chi connectivity index (χ1) is 6.49. The summed E-state index contributed by atoms with van der Waals surface area (Å²) in [5.74, 6) is 0. The summed E-state index contributed by atoms with van der Waals surface area (Å²) in [6.07, 6.45) is -1.04. The van der Waals surface area contributed by atoms with Crippen molar-refractivity contribution < 1.29 is 18.3 Å². The first-order valence-corrected chi connectivity index (χ1v) is 5.40. The lowest BCUT2D eigenvalue weighted by Crippen LogP contribution is -2.28. The number of aromatic nitrogens is 1. The van der Waals surface area contributed by atoms with E-state index in [4.69, 9.17) is 0 Å². The van der Waals surface area contributed by atoms with Gasteiger partial charge < -0.3 is 9.29 Å². The molecule has 78 valence electrons. The SMILES string of the molecule is Cc1nc(C)c(OC(=O)NS(=O)[O-])s1. The number of carbonyl (C=O) groups is 1. The van der Waals surface area contributed by atoms with Gasteiger partial charge in [0, 0.05) is 11.3 Å². The van der Waals surface area contributed by atoms with Crippen LogP contribution in [0.3, 0.4) is 0 Å². The molecule has 0 aliphatic heterocycles. The van der Waals surface area contributed by atoms with Gasteiger partial charge in [-0.25, -0.2) is 9.78 Å². The zero-order valence-corrected chi connectivity index (χ0v) is 9.03. The molecule has 0 fully saturated rings. The number of ether oxygens (including phenoxy) is 1. The second kappa shape index (κ2) is 4.49. The molecule has 1 N–H and O–H groups in total. The van der Waals surface area contributed by atoms with E-state index in [-0.39, 0.29) is 0 Å². The number of hydrogen-bond acceptors (Lipinski definition) is 6. The van der Waals surface area contributed by atoms with Crippen LogP contribution in [-0.2, 0) is 11.3 Å². The van der Waals surface area contributed by atoms with Crippen molar-refractivity contribution in [3.05, 3.63) is 10.7 Å². The van der Waals surface area contributed by atoms with Crippen LogP contribution in [0, 0.1) is 13.8 Å². The van der Waals surface area contributed by atoms with Gasteiger partial charge in [0.15, 0.2) is 0 Å². The summed E-state index contributed by atoms with van der Waals surface area (Å²) in [5.41, 5.74) is 0.555. The van der Waals surface area contributed by atoms with Gasteiger partial charge in [0.25, 0.3) is 0 Å². The molecule has 1 aromatic heterocycles. The zero-order chi connectivity index (χ0) is 10.7. The van der Waals surface area contributed by atoms with Gasteiger partial charge in [0.1, 0.15) is 0 Å². The first-order valence-electron chi connectivity index (χ1n) is 3.51. The fourth-order valence-electron chi connectivity index (χ4n) is 0.780. The molecule has 1 rings (SSSR count). The van der Waals surface area contributed by atoms with E-state index in [1.54, 1.807) is 18.6 Å². The maximum Gasteiger partial charge on any atom is 0.424 e. The minimum absolute atomic E-state index is 0.297. The fourth-order valence-corrected chi connectivity index (χ4v) is 1.72. The van der Waals surface area contributed by atoms with Crippen LogP contribution in [-0.4, -0.2) is 19.8 Å². The van der Waals surface area contributed by atoms with E-state index in [0.717, 1.165) is 5.01 Å². The lowest BCUT2D eigenvalue weighted by molar-refractivity contribution is 0.207. The standard InChI is InChI=1S/C6H8N2O4S2/c1-3-5(13-4(2)7-3)12-6(9)8-14(10)11/h1-2H3,(H,8,9)(H,10,11)/p-1. The third-order valence-electron chi connectivity index (χ3n) is 1.21. The minimum atomic E-state index is -2.66. The molecule has 0 saturated carbocycles. The lowest BCUT2D eigenvalue weighted by Gasteiger charge is -2.06. The van der Waals surface area contributed by atoms with Gasteiger partial charge in [-0.05, 0) is 13.8 Å². The molecule has 1 heterocycles. The van der Waals surface area contributed by atoms with Gasteiger partial charge in [-0.1, -0.05) is 11.3 Å². The summed E-state index contributed by atoms with van der Waals surface area (Å²) in [4.78, 5) is 14.8. The van der Waals surface area contributed by atoms with E-state index in [1.807, 2.05) is 0 Å². The largest absolute Gasteiger partial charge is 0.755 e. The van der Waals surface area contributed by atoms with Gasteiger partial charge in [-0.3, -0.25) is 8.93 Å². The topological polar surface area (TPSA) is 91.3 Å². The second-order valence-electron chi connectivity index (χ2n) is 2.33. The molecule has 1 amide bonds. The molecule has 1 aromatic rings. The van der Waals surface area contributed by atoms with Crippen molar-refractivity contribution in [2.75, 3.05) is 0 Å². The molecule has 6 nitrogen and oxygen atoms in total. The van der Waals surface area contributed by atoms with Crippen LogP contribution in [0.25, 0.3) is 0 Å².